The molecule has 0 aliphatic carbocycles. The van der Waals surface area contributed by atoms with Crippen molar-refractivity contribution in [2.75, 3.05) is 16.0 Å². The van der Waals surface area contributed by atoms with E-state index in [0.717, 1.165) is 22.4 Å². The fourth-order valence-corrected chi connectivity index (χ4v) is 5.00. The molecule has 1 aliphatic rings. The Bertz CT molecular complexity index is 1110. The summed E-state index contributed by atoms with van der Waals surface area (Å²) in [6.07, 6.45) is 0. The summed E-state index contributed by atoms with van der Waals surface area (Å²) in [4.78, 5) is 27.1. The molecule has 1 unspecified atom stereocenters. The molecule has 0 radical (unpaired) electrons. The minimum atomic E-state index is -0.226. The lowest BCUT2D eigenvalue weighted by Crippen LogP contribution is -2.28. The van der Waals surface area contributed by atoms with Gasteiger partial charge in [0, 0.05) is 22.0 Å². The molecule has 1 saturated heterocycles. The van der Waals surface area contributed by atoms with E-state index in [2.05, 4.69) is 11.4 Å². The topological polar surface area (TPSA) is 49.4 Å². The van der Waals surface area contributed by atoms with Crippen LogP contribution in [0.5, 0.6) is 0 Å². The lowest BCUT2D eigenvalue weighted by Gasteiger charge is -2.25. The summed E-state index contributed by atoms with van der Waals surface area (Å²) < 4.78 is 0. The van der Waals surface area contributed by atoms with E-state index in [9.17, 15) is 9.59 Å². The molecule has 3 aromatic rings. The van der Waals surface area contributed by atoms with Gasteiger partial charge in [0.25, 0.3) is 5.91 Å². The predicted octanol–water partition coefficient (Wildman–Crippen LogP) is 5.99. The van der Waals surface area contributed by atoms with Crippen molar-refractivity contribution in [3.63, 3.8) is 0 Å². The molecule has 1 fully saturated rings. The highest BCUT2D eigenvalue weighted by Crippen LogP contribution is 2.42. The molecule has 1 atom stereocenters. The van der Waals surface area contributed by atoms with E-state index < -0.39 is 0 Å². The number of halogens is 1. The molecule has 0 spiro atoms. The Balaban J connectivity index is 1.61. The summed E-state index contributed by atoms with van der Waals surface area (Å²) in [5.74, 6) is 0.288. The van der Waals surface area contributed by atoms with Crippen molar-refractivity contribution in [1.82, 2.24) is 0 Å². The summed E-state index contributed by atoms with van der Waals surface area (Å²) in [5, 5.41) is 3.30. The second-order valence-electron chi connectivity index (χ2n) is 7.36. The summed E-state index contributed by atoms with van der Waals surface area (Å²) in [7, 11) is 0. The van der Waals surface area contributed by atoms with Crippen LogP contribution in [-0.4, -0.2) is 17.6 Å². The largest absolute Gasteiger partial charge is 0.322 e. The fourth-order valence-electron chi connectivity index (χ4n) is 3.64. The maximum absolute atomic E-state index is 12.7. The van der Waals surface area contributed by atoms with Gasteiger partial charge in [0.05, 0.1) is 5.75 Å². The van der Waals surface area contributed by atoms with Crippen LogP contribution in [0.2, 0.25) is 5.02 Å². The number of carbonyl (C=O) groups excluding carboxylic acids is 2. The van der Waals surface area contributed by atoms with Gasteiger partial charge >= 0.3 is 0 Å². The Labute approximate surface area is 185 Å². The third-order valence-corrected chi connectivity index (χ3v) is 6.32. The number of benzene rings is 3. The van der Waals surface area contributed by atoms with Crippen LogP contribution < -0.4 is 10.2 Å². The van der Waals surface area contributed by atoms with Gasteiger partial charge in [-0.2, -0.15) is 0 Å². The van der Waals surface area contributed by atoms with Gasteiger partial charge in [-0.05, 0) is 73.0 Å². The molecule has 4 rings (SSSR count). The quantitative estimate of drug-likeness (QED) is 0.546. The standard InChI is InChI=1S/C24H21ClN2O2S/c1-15-9-16(2)11-21(10-15)27-22(28)14-30-24(27)18-6-4-8-20(13-18)26-23(29)17-5-3-7-19(25)12-17/h3-13,24H,14H2,1-2H3,(H,26,29). The van der Waals surface area contributed by atoms with Gasteiger partial charge < -0.3 is 5.32 Å². The molecular weight excluding hydrogens is 416 g/mol. The highest BCUT2D eigenvalue weighted by atomic mass is 35.5. The monoisotopic (exact) mass is 436 g/mol. The lowest BCUT2D eigenvalue weighted by molar-refractivity contribution is -0.115. The molecule has 4 nitrogen and oxygen atoms in total. The average Bonchev–Trinajstić information content (AvgIpc) is 3.09. The van der Waals surface area contributed by atoms with Gasteiger partial charge in [0.1, 0.15) is 5.37 Å². The normalized spacial score (nSPS) is 16.0. The number of thioether (sulfide) groups is 1. The third-order valence-electron chi connectivity index (χ3n) is 4.87. The molecule has 0 bridgehead atoms. The van der Waals surface area contributed by atoms with Crippen LogP contribution in [0.15, 0.2) is 66.7 Å². The Morgan fingerprint density at radius 1 is 1.03 bits per heavy atom. The fraction of sp³-hybridized carbons (Fsp3) is 0.167. The molecule has 152 valence electrons. The van der Waals surface area contributed by atoms with Crippen molar-refractivity contribution in [3.05, 3.63) is 94.0 Å². The smallest absolute Gasteiger partial charge is 0.255 e. The molecule has 3 aromatic carbocycles. The van der Waals surface area contributed by atoms with Crippen molar-refractivity contribution in [2.45, 2.75) is 19.2 Å². The van der Waals surface area contributed by atoms with Crippen LogP contribution in [0.1, 0.15) is 32.4 Å². The minimum Gasteiger partial charge on any atom is -0.322 e. The molecule has 1 N–H and O–H groups in total. The van der Waals surface area contributed by atoms with Gasteiger partial charge in [-0.25, -0.2) is 0 Å². The van der Waals surface area contributed by atoms with Crippen molar-refractivity contribution in [2.24, 2.45) is 0 Å². The number of hydrogen-bond donors (Lipinski definition) is 1. The Kier molecular flexibility index (Phi) is 5.84. The highest BCUT2D eigenvalue weighted by Gasteiger charge is 2.34. The number of aryl methyl sites for hydroxylation is 2. The van der Waals surface area contributed by atoms with E-state index in [1.807, 2.05) is 55.1 Å². The first-order valence-electron chi connectivity index (χ1n) is 9.59. The van der Waals surface area contributed by atoms with Crippen LogP contribution in [0.4, 0.5) is 11.4 Å². The third kappa shape index (κ3) is 4.37. The number of amides is 2. The van der Waals surface area contributed by atoms with Crippen LogP contribution in [0.25, 0.3) is 0 Å². The van der Waals surface area contributed by atoms with Crippen LogP contribution in [0.3, 0.4) is 0 Å². The molecule has 1 heterocycles. The molecule has 1 aliphatic heterocycles. The van der Waals surface area contributed by atoms with Gasteiger partial charge in [-0.3, -0.25) is 14.5 Å². The summed E-state index contributed by atoms with van der Waals surface area (Å²) in [6.45, 7) is 4.07. The maximum Gasteiger partial charge on any atom is 0.255 e. The Hall–Kier alpha value is -2.76. The first-order valence-corrected chi connectivity index (χ1v) is 11.0. The SMILES string of the molecule is Cc1cc(C)cc(N2C(=O)CSC2c2cccc(NC(=O)c3cccc(Cl)c3)c2)c1. The van der Waals surface area contributed by atoms with Crippen LogP contribution >= 0.6 is 23.4 Å². The van der Waals surface area contributed by atoms with Gasteiger partial charge in [-0.15, -0.1) is 11.8 Å². The molecule has 0 saturated carbocycles. The molecule has 6 heteroatoms. The molecule has 0 aromatic heterocycles. The van der Waals surface area contributed by atoms with Gasteiger partial charge in [-0.1, -0.05) is 35.9 Å². The van der Waals surface area contributed by atoms with E-state index in [1.54, 1.807) is 36.0 Å². The van der Waals surface area contributed by atoms with Crippen LogP contribution in [-0.2, 0) is 4.79 Å². The predicted molar refractivity (Wildman–Crippen MR) is 124 cm³/mol. The van der Waals surface area contributed by atoms with Crippen molar-refractivity contribution >= 4 is 46.6 Å². The number of carbonyl (C=O) groups is 2. The Morgan fingerprint density at radius 3 is 2.50 bits per heavy atom. The molecule has 30 heavy (non-hydrogen) atoms. The van der Waals surface area contributed by atoms with Gasteiger partial charge in [0.2, 0.25) is 5.91 Å². The summed E-state index contributed by atoms with van der Waals surface area (Å²) in [5.41, 5.74) is 5.29. The van der Waals surface area contributed by atoms with E-state index in [-0.39, 0.29) is 17.2 Å². The van der Waals surface area contributed by atoms with E-state index in [0.29, 0.717) is 22.0 Å². The van der Waals surface area contributed by atoms with E-state index in [1.165, 1.54) is 0 Å². The van der Waals surface area contributed by atoms with Crippen molar-refractivity contribution in [1.29, 1.82) is 0 Å². The zero-order valence-electron chi connectivity index (χ0n) is 16.7. The number of rotatable bonds is 4. The first kappa shape index (κ1) is 20.5. The van der Waals surface area contributed by atoms with Crippen LogP contribution in [0, 0.1) is 13.8 Å². The number of hydrogen-bond acceptors (Lipinski definition) is 3. The van der Waals surface area contributed by atoms with Crippen molar-refractivity contribution in [3.8, 4) is 0 Å². The van der Waals surface area contributed by atoms with Crippen molar-refractivity contribution < 1.29 is 9.59 Å². The molecular formula is C24H21ClN2O2S. The van der Waals surface area contributed by atoms with E-state index >= 15 is 0 Å². The average molecular weight is 437 g/mol. The Morgan fingerprint density at radius 2 is 1.77 bits per heavy atom. The zero-order chi connectivity index (χ0) is 21.3. The number of nitrogens with one attached hydrogen (secondary N) is 1. The summed E-state index contributed by atoms with van der Waals surface area (Å²) >= 11 is 7.58. The maximum atomic E-state index is 12.7. The molecule has 2 amide bonds. The second-order valence-corrected chi connectivity index (χ2v) is 8.87. The first-order chi connectivity index (χ1) is 14.4. The number of anilines is 2. The highest BCUT2D eigenvalue weighted by molar-refractivity contribution is 8.00. The lowest BCUT2D eigenvalue weighted by atomic mass is 10.1. The zero-order valence-corrected chi connectivity index (χ0v) is 18.3. The minimum absolute atomic E-state index is 0.0865. The number of nitrogens with zero attached hydrogens (tertiary/aromatic N) is 1. The van der Waals surface area contributed by atoms with E-state index in [4.69, 9.17) is 11.6 Å². The summed E-state index contributed by atoms with van der Waals surface area (Å²) in [6, 6.07) is 20.6. The second kappa shape index (κ2) is 8.54. The van der Waals surface area contributed by atoms with Gasteiger partial charge in [0.15, 0.2) is 0 Å².